The molecule has 0 radical (unpaired) electrons. The van der Waals surface area contributed by atoms with Crippen LogP contribution in [-0.4, -0.2) is 12.8 Å². The van der Waals surface area contributed by atoms with E-state index in [1.165, 1.54) is 12.8 Å². The van der Waals surface area contributed by atoms with Crippen molar-refractivity contribution in [3.05, 3.63) is 12.2 Å². The lowest BCUT2D eigenvalue weighted by Gasteiger charge is -1.95. The summed E-state index contributed by atoms with van der Waals surface area (Å²) in [6.45, 7) is 10.7. The van der Waals surface area contributed by atoms with Crippen molar-refractivity contribution in [3.63, 3.8) is 0 Å². The minimum Gasteiger partial charge on any atom is -0.293 e. The predicted molar refractivity (Wildman–Crippen MR) is 63.6 cm³/mol. The lowest BCUT2D eigenvalue weighted by Crippen LogP contribution is -1.81. The van der Waals surface area contributed by atoms with Crippen LogP contribution in [0, 0.1) is 5.92 Å². The standard InChI is InChI=1S/C6H11N.C6H14/c1-4-5-6(2)7-3;1-4-5-6(2)3/h4-5H,1-3H3;6H,4-5H2,1-3H3/b5-4-,7-6?;. The van der Waals surface area contributed by atoms with Crippen LogP contribution in [0.3, 0.4) is 0 Å². The first kappa shape index (κ1) is 14.9. The summed E-state index contributed by atoms with van der Waals surface area (Å²) in [6, 6.07) is 0. The monoisotopic (exact) mass is 183 g/mol. The quantitative estimate of drug-likeness (QED) is 0.584. The van der Waals surface area contributed by atoms with E-state index in [-0.39, 0.29) is 0 Å². The summed E-state index contributed by atoms with van der Waals surface area (Å²) in [5, 5.41) is 0. The molecule has 1 nitrogen and oxygen atoms in total. The largest absolute Gasteiger partial charge is 0.293 e. The molecule has 0 aromatic heterocycles. The zero-order valence-electron chi connectivity index (χ0n) is 10.1. The van der Waals surface area contributed by atoms with Gasteiger partial charge in [-0.2, -0.15) is 0 Å². The summed E-state index contributed by atoms with van der Waals surface area (Å²) in [5.41, 5.74) is 1.07. The first-order chi connectivity index (χ1) is 6.08. The van der Waals surface area contributed by atoms with E-state index in [0.717, 1.165) is 11.6 Å². The molecule has 0 atom stereocenters. The number of hydrogen-bond donors (Lipinski definition) is 0. The Bertz CT molecular complexity index is 143. The minimum absolute atomic E-state index is 0.898. The number of nitrogens with zero attached hydrogens (tertiary/aromatic N) is 1. The average Bonchev–Trinajstić information content (AvgIpc) is 2.05. The highest BCUT2D eigenvalue weighted by molar-refractivity contribution is 5.92. The molecule has 0 unspecified atom stereocenters. The van der Waals surface area contributed by atoms with Crippen molar-refractivity contribution in [3.8, 4) is 0 Å². The molecule has 78 valence electrons. The molecule has 0 spiro atoms. The third-order valence-electron chi connectivity index (χ3n) is 1.63. The van der Waals surface area contributed by atoms with Gasteiger partial charge in [-0.3, -0.25) is 4.99 Å². The fourth-order valence-electron chi connectivity index (χ4n) is 0.893. The highest BCUT2D eigenvalue weighted by Gasteiger charge is 1.85. The molecular formula is C12H25N. The number of rotatable bonds is 3. The molecule has 0 heterocycles. The normalized spacial score (nSPS) is 11.8. The van der Waals surface area contributed by atoms with Crippen LogP contribution < -0.4 is 0 Å². The van der Waals surface area contributed by atoms with Crippen molar-refractivity contribution in [2.75, 3.05) is 7.05 Å². The van der Waals surface area contributed by atoms with E-state index in [4.69, 9.17) is 0 Å². The maximum absolute atomic E-state index is 3.91. The lowest BCUT2D eigenvalue weighted by atomic mass is 10.1. The summed E-state index contributed by atoms with van der Waals surface area (Å²) in [7, 11) is 1.79. The molecule has 0 N–H and O–H groups in total. The van der Waals surface area contributed by atoms with Gasteiger partial charge in [0.15, 0.2) is 0 Å². The van der Waals surface area contributed by atoms with Gasteiger partial charge in [-0.25, -0.2) is 0 Å². The fourth-order valence-corrected chi connectivity index (χ4v) is 0.893. The Morgan fingerprint density at radius 2 is 1.92 bits per heavy atom. The third kappa shape index (κ3) is 18.4. The molecule has 0 amide bonds. The zero-order chi connectivity index (χ0) is 10.7. The highest BCUT2D eigenvalue weighted by atomic mass is 14.7. The Kier molecular flexibility index (Phi) is 13.1. The first-order valence-electron chi connectivity index (χ1n) is 5.14. The van der Waals surface area contributed by atoms with Gasteiger partial charge in [0.25, 0.3) is 0 Å². The molecule has 0 fully saturated rings. The van der Waals surface area contributed by atoms with E-state index in [1.54, 1.807) is 7.05 Å². The van der Waals surface area contributed by atoms with Crippen LogP contribution in [0.25, 0.3) is 0 Å². The molecule has 1 heteroatoms. The second-order valence-corrected chi connectivity index (χ2v) is 3.55. The number of allylic oxidation sites excluding steroid dienone is 2. The lowest BCUT2D eigenvalue weighted by molar-refractivity contribution is 0.576. The van der Waals surface area contributed by atoms with Gasteiger partial charge in [0, 0.05) is 12.8 Å². The van der Waals surface area contributed by atoms with Crippen molar-refractivity contribution in [1.29, 1.82) is 0 Å². The third-order valence-corrected chi connectivity index (χ3v) is 1.63. The molecule has 0 aliphatic rings. The van der Waals surface area contributed by atoms with E-state index in [9.17, 15) is 0 Å². The van der Waals surface area contributed by atoms with E-state index >= 15 is 0 Å². The van der Waals surface area contributed by atoms with Crippen LogP contribution in [0.4, 0.5) is 0 Å². The minimum atomic E-state index is 0.898. The topological polar surface area (TPSA) is 12.4 Å². The van der Waals surface area contributed by atoms with Gasteiger partial charge < -0.3 is 0 Å². The van der Waals surface area contributed by atoms with Crippen LogP contribution in [-0.2, 0) is 0 Å². The van der Waals surface area contributed by atoms with Crippen LogP contribution in [0.15, 0.2) is 17.1 Å². The number of aliphatic imine (C=N–C) groups is 1. The van der Waals surface area contributed by atoms with E-state index < -0.39 is 0 Å². The molecule has 0 aromatic rings. The highest BCUT2D eigenvalue weighted by Crippen LogP contribution is 2.00. The molecule has 0 bridgehead atoms. The zero-order valence-corrected chi connectivity index (χ0v) is 10.1. The Labute approximate surface area is 84.0 Å². The summed E-state index contributed by atoms with van der Waals surface area (Å²) in [6.07, 6.45) is 6.65. The van der Waals surface area contributed by atoms with Crippen molar-refractivity contribution >= 4 is 5.71 Å². The van der Waals surface area contributed by atoms with Gasteiger partial charge in [-0.15, -0.1) is 0 Å². The van der Waals surface area contributed by atoms with Crippen molar-refractivity contribution in [2.45, 2.75) is 47.5 Å². The van der Waals surface area contributed by atoms with Crippen LogP contribution in [0.2, 0.25) is 0 Å². The second kappa shape index (κ2) is 11.4. The maximum Gasteiger partial charge on any atom is 0.0310 e. The van der Waals surface area contributed by atoms with Gasteiger partial charge in [0.1, 0.15) is 0 Å². The molecule has 13 heavy (non-hydrogen) atoms. The van der Waals surface area contributed by atoms with Gasteiger partial charge >= 0.3 is 0 Å². The van der Waals surface area contributed by atoms with Gasteiger partial charge in [-0.05, 0) is 25.8 Å². The molecule has 0 aromatic carbocycles. The summed E-state index contributed by atoms with van der Waals surface area (Å²) >= 11 is 0. The molecule has 0 aliphatic carbocycles. The van der Waals surface area contributed by atoms with Gasteiger partial charge in [-0.1, -0.05) is 39.7 Å². The van der Waals surface area contributed by atoms with E-state index in [0.29, 0.717) is 0 Å². The van der Waals surface area contributed by atoms with Crippen LogP contribution in [0.1, 0.15) is 47.5 Å². The molecule has 0 aliphatic heterocycles. The Balaban J connectivity index is 0. The molecule has 0 saturated carbocycles. The second-order valence-electron chi connectivity index (χ2n) is 3.55. The number of hydrogen-bond acceptors (Lipinski definition) is 1. The SMILES string of the molecule is C/C=C\C(C)=NC.CCCC(C)C. The smallest absolute Gasteiger partial charge is 0.0310 e. The van der Waals surface area contributed by atoms with Gasteiger partial charge in [0.2, 0.25) is 0 Å². The van der Waals surface area contributed by atoms with Crippen molar-refractivity contribution < 1.29 is 0 Å². The predicted octanol–water partition coefficient (Wildman–Crippen LogP) is 4.10. The van der Waals surface area contributed by atoms with Crippen molar-refractivity contribution in [1.82, 2.24) is 0 Å². The maximum atomic E-state index is 3.91. The van der Waals surface area contributed by atoms with Crippen molar-refractivity contribution in [2.24, 2.45) is 10.9 Å². The Morgan fingerprint density at radius 3 is 2.00 bits per heavy atom. The molecular weight excluding hydrogens is 158 g/mol. The van der Waals surface area contributed by atoms with Gasteiger partial charge in [0.05, 0.1) is 0 Å². The average molecular weight is 183 g/mol. The summed E-state index contributed by atoms with van der Waals surface area (Å²) in [4.78, 5) is 3.91. The summed E-state index contributed by atoms with van der Waals surface area (Å²) < 4.78 is 0. The van der Waals surface area contributed by atoms with E-state index in [1.807, 2.05) is 26.0 Å². The summed E-state index contributed by atoms with van der Waals surface area (Å²) in [5.74, 6) is 0.898. The Hall–Kier alpha value is -0.590. The van der Waals surface area contributed by atoms with Crippen LogP contribution in [0.5, 0.6) is 0 Å². The van der Waals surface area contributed by atoms with E-state index in [2.05, 4.69) is 25.8 Å². The molecule has 0 saturated heterocycles. The first-order valence-corrected chi connectivity index (χ1v) is 5.14. The molecule has 0 rings (SSSR count). The van der Waals surface area contributed by atoms with Crippen LogP contribution >= 0.6 is 0 Å². The Morgan fingerprint density at radius 1 is 1.38 bits per heavy atom. The fraction of sp³-hybridized carbons (Fsp3) is 0.750.